The lowest BCUT2D eigenvalue weighted by molar-refractivity contribution is 0.464. The van der Waals surface area contributed by atoms with E-state index in [0.717, 1.165) is 14.7 Å². The molecule has 0 fully saturated rings. The molecule has 1 aromatic rings. The van der Waals surface area contributed by atoms with Gasteiger partial charge in [-0.15, -0.1) is 0 Å². The van der Waals surface area contributed by atoms with Gasteiger partial charge in [-0.05, 0) is 41.1 Å². The maximum Gasteiger partial charge on any atom is 0.133 e. The van der Waals surface area contributed by atoms with E-state index < -0.39 is 0 Å². The van der Waals surface area contributed by atoms with Crippen LogP contribution in [0.3, 0.4) is 0 Å². The Hall–Kier alpha value is -0.0000000000000000763. The van der Waals surface area contributed by atoms with E-state index in [0.29, 0.717) is 11.6 Å². The zero-order valence-corrected chi connectivity index (χ0v) is 9.48. The van der Waals surface area contributed by atoms with Crippen molar-refractivity contribution in [3.63, 3.8) is 0 Å². The highest BCUT2D eigenvalue weighted by molar-refractivity contribution is 14.1. The highest BCUT2D eigenvalue weighted by Crippen LogP contribution is 2.31. The Labute approximate surface area is 89.9 Å². The number of hydrogen-bond donors (Lipinski definition) is 2. The SMILES string of the molecule is Cc1c(Cl)cc(I)c(O)c1CN. The quantitative estimate of drug-likeness (QED) is 0.782. The van der Waals surface area contributed by atoms with E-state index in [1.807, 2.05) is 29.5 Å². The fraction of sp³-hybridized carbons (Fsp3) is 0.250. The van der Waals surface area contributed by atoms with Crippen molar-refractivity contribution in [3.05, 3.63) is 25.8 Å². The second-order valence-corrected chi connectivity index (χ2v) is 4.07. The molecule has 0 heterocycles. The van der Waals surface area contributed by atoms with Gasteiger partial charge in [0.1, 0.15) is 5.75 Å². The van der Waals surface area contributed by atoms with Gasteiger partial charge >= 0.3 is 0 Å². The maximum atomic E-state index is 9.56. The van der Waals surface area contributed by atoms with Crippen LogP contribution in [-0.2, 0) is 6.54 Å². The first-order chi connectivity index (χ1) is 5.57. The smallest absolute Gasteiger partial charge is 0.133 e. The first-order valence-corrected chi connectivity index (χ1v) is 4.90. The number of benzene rings is 1. The molecule has 2 nitrogen and oxygen atoms in total. The molecule has 66 valence electrons. The van der Waals surface area contributed by atoms with Gasteiger partial charge in [0.25, 0.3) is 0 Å². The van der Waals surface area contributed by atoms with Crippen molar-refractivity contribution in [2.24, 2.45) is 5.73 Å². The van der Waals surface area contributed by atoms with E-state index in [-0.39, 0.29) is 5.75 Å². The minimum absolute atomic E-state index is 0.250. The second-order valence-electron chi connectivity index (χ2n) is 2.50. The third-order valence-corrected chi connectivity index (χ3v) is 3.00. The van der Waals surface area contributed by atoms with Crippen LogP contribution in [0.25, 0.3) is 0 Å². The number of nitrogens with two attached hydrogens (primary N) is 1. The van der Waals surface area contributed by atoms with Gasteiger partial charge in [0.05, 0.1) is 3.57 Å². The first-order valence-electron chi connectivity index (χ1n) is 3.44. The van der Waals surface area contributed by atoms with E-state index in [9.17, 15) is 5.11 Å². The normalized spacial score (nSPS) is 10.3. The lowest BCUT2D eigenvalue weighted by Gasteiger charge is -2.09. The average Bonchev–Trinajstić information content (AvgIpc) is 2.02. The van der Waals surface area contributed by atoms with Gasteiger partial charge in [0, 0.05) is 17.1 Å². The zero-order chi connectivity index (χ0) is 9.30. The van der Waals surface area contributed by atoms with Gasteiger partial charge in [-0.3, -0.25) is 0 Å². The summed E-state index contributed by atoms with van der Waals surface area (Å²) >= 11 is 7.92. The van der Waals surface area contributed by atoms with Crippen LogP contribution in [0, 0.1) is 10.5 Å². The van der Waals surface area contributed by atoms with Crippen LogP contribution >= 0.6 is 34.2 Å². The first kappa shape index (κ1) is 10.1. The number of halogens is 2. The van der Waals surface area contributed by atoms with Gasteiger partial charge in [-0.2, -0.15) is 0 Å². The standard InChI is InChI=1S/C8H9ClINO/c1-4-5(3-11)8(12)7(10)2-6(4)9/h2,12H,3,11H2,1H3. The lowest BCUT2D eigenvalue weighted by Crippen LogP contribution is -2.01. The molecule has 0 aromatic heterocycles. The lowest BCUT2D eigenvalue weighted by atomic mass is 10.1. The second kappa shape index (κ2) is 3.81. The molecule has 0 bridgehead atoms. The minimum atomic E-state index is 0.250. The van der Waals surface area contributed by atoms with E-state index in [1.54, 1.807) is 6.07 Å². The molecule has 0 radical (unpaired) electrons. The summed E-state index contributed by atoms with van der Waals surface area (Å²) in [6, 6.07) is 1.73. The topological polar surface area (TPSA) is 46.2 Å². The molecular formula is C8H9ClINO. The Bertz CT molecular complexity index is 288. The molecule has 0 spiro atoms. The molecule has 3 N–H and O–H groups in total. The van der Waals surface area contributed by atoms with Crippen LogP contribution in [-0.4, -0.2) is 5.11 Å². The van der Waals surface area contributed by atoms with E-state index in [4.69, 9.17) is 17.3 Å². The summed E-state index contributed by atoms with van der Waals surface area (Å²) < 4.78 is 0.739. The molecule has 12 heavy (non-hydrogen) atoms. The van der Waals surface area contributed by atoms with Crippen molar-refractivity contribution in [1.29, 1.82) is 0 Å². The highest BCUT2D eigenvalue weighted by atomic mass is 127. The highest BCUT2D eigenvalue weighted by Gasteiger charge is 2.10. The molecule has 0 aliphatic heterocycles. The number of phenolic OH excluding ortho intramolecular Hbond substituents is 1. The van der Waals surface area contributed by atoms with Crippen molar-refractivity contribution in [2.45, 2.75) is 13.5 Å². The number of phenols is 1. The largest absolute Gasteiger partial charge is 0.506 e. The van der Waals surface area contributed by atoms with Crippen LogP contribution in [0.4, 0.5) is 0 Å². The summed E-state index contributed by atoms with van der Waals surface area (Å²) in [6.07, 6.45) is 0. The fourth-order valence-corrected chi connectivity index (χ4v) is 2.05. The molecule has 0 atom stereocenters. The van der Waals surface area contributed by atoms with Crippen molar-refractivity contribution in [2.75, 3.05) is 0 Å². The van der Waals surface area contributed by atoms with Crippen LogP contribution in [0.2, 0.25) is 5.02 Å². The molecule has 0 amide bonds. The fourth-order valence-electron chi connectivity index (χ4n) is 1.00. The molecule has 4 heteroatoms. The number of hydrogen-bond acceptors (Lipinski definition) is 2. The predicted molar refractivity (Wildman–Crippen MR) is 58.5 cm³/mol. The van der Waals surface area contributed by atoms with Crippen LogP contribution < -0.4 is 5.73 Å². The van der Waals surface area contributed by atoms with Crippen molar-refractivity contribution in [3.8, 4) is 5.75 Å². The summed E-state index contributed by atoms with van der Waals surface area (Å²) in [5.41, 5.74) is 7.05. The van der Waals surface area contributed by atoms with Crippen molar-refractivity contribution < 1.29 is 5.11 Å². The zero-order valence-electron chi connectivity index (χ0n) is 6.56. The third kappa shape index (κ3) is 1.67. The van der Waals surface area contributed by atoms with Crippen molar-refractivity contribution in [1.82, 2.24) is 0 Å². The molecule has 0 saturated carbocycles. The van der Waals surface area contributed by atoms with E-state index >= 15 is 0 Å². The Morgan fingerprint density at radius 3 is 2.75 bits per heavy atom. The number of aromatic hydroxyl groups is 1. The average molecular weight is 298 g/mol. The third-order valence-electron chi connectivity index (χ3n) is 1.78. The summed E-state index contributed by atoms with van der Waals surface area (Å²) in [6.45, 7) is 2.16. The van der Waals surface area contributed by atoms with Crippen LogP contribution in [0.1, 0.15) is 11.1 Å². The minimum Gasteiger partial charge on any atom is -0.506 e. The Morgan fingerprint density at radius 2 is 2.25 bits per heavy atom. The summed E-state index contributed by atoms with van der Waals surface area (Å²) in [7, 11) is 0. The van der Waals surface area contributed by atoms with Crippen molar-refractivity contribution >= 4 is 34.2 Å². The number of rotatable bonds is 1. The van der Waals surface area contributed by atoms with Crippen LogP contribution in [0.5, 0.6) is 5.75 Å². The predicted octanol–water partition coefficient (Wildman–Crippen LogP) is 2.42. The Balaban J connectivity index is 3.42. The summed E-state index contributed by atoms with van der Waals surface area (Å²) in [5, 5.41) is 10.2. The monoisotopic (exact) mass is 297 g/mol. The van der Waals surface area contributed by atoms with E-state index in [1.165, 1.54) is 0 Å². The van der Waals surface area contributed by atoms with Gasteiger partial charge in [0.2, 0.25) is 0 Å². The molecule has 0 unspecified atom stereocenters. The summed E-state index contributed by atoms with van der Waals surface area (Å²) in [4.78, 5) is 0. The Morgan fingerprint density at radius 1 is 1.67 bits per heavy atom. The van der Waals surface area contributed by atoms with Gasteiger partial charge in [-0.1, -0.05) is 11.6 Å². The van der Waals surface area contributed by atoms with Crippen LogP contribution in [0.15, 0.2) is 6.07 Å². The van der Waals surface area contributed by atoms with Gasteiger partial charge in [-0.25, -0.2) is 0 Å². The molecule has 1 rings (SSSR count). The molecule has 0 saturated heterocycles. The van der Waals surface area contributed by atoms with Gasteiger partial charge < -0.3 is 10.8 Å². The maximum absolute atomic E-state index is 9.56. The van der Waals surface area contributed by atoms with E-state index in [2.05, 4.69) is 0 Å². The molecule has 1 aromatic carbocycles. The van der Waals surface area contributed by atoms with Gasteiger partial charge in [0.15, 0.2) is 0 Å². The summed E-state index contributed by atoms with van der Waals surface area (Å²) in [5.74, 6) is 0.250. The molecular weight excluding hydrogens is 288 g/mol. The Kier molecular flexibility index (Phi) is 3.20. The molecule has 0 aliphatic rings. The molecule has 0 aliphatic carbocycles.